The third kappa shape index (κ3) is 2.53. The van der Waals surface area contributed by atoms with Gasteiger partial charge in [0.05, 0.1) is 6.20 Å². The Kier molecular flexibility index (Phi) is 3.08. The molecular weight excluding hydrogens is 275 g/mol. The molecule has 0 amide bonds. The van der Waals surface area contributed by atoms with Gasteiger partial charge >= 0.3 is 0 Å². The Morgan fingerprint density at radius 1 is 1.32 bits per heavy atom. The summed E-state index contributed by atoms with van der Waals surface area (Å²) in [5.41, 5.74) is 0.804. The van der Waals surface area contributed by atoms with Gasteiger partial charge in [-0.2, -0.15) is 9.37 Å². The molecule has 2 heterocycles. The molecule has 0 unspecified atom stereocenters. The van der Waals surface area contributed by atoms with E-state index in [1.807, 2.05) is 0 Å². The lowest BCUT2D eigenvalue weighted by Gasteiger charge is -2.06. The molecule has 1 aromatic heterocycles. The van der Waals surface area contributed by atoms with E-state index in [1.54, 1.807) is 18.2 Å². The monoisotopic (exact) mass is 282 g/mol. The van der Waals surface area contributed by atoms with Gasteiger partial charge in [0, 0.05) is 0 Å². The van der Waals surface area contributed by atoms with Crippen molar-refractivity contribution in [1.29, 1.82) is 0 Å². The summed E-state index contributed by atoms with van der Waals surface area (Å²) in [6.45, 7) is 0.344. The number of hydrogen-bond acceptors (Lipinski definition) is 5. The van der Waals surface area contributed by atoms with Crippen LogP contribution in [0.2, 0.25) is 5.28 Å². The van der Waals surface area contributed by atoms with Crippen molar-refractivity contribution >= 4 is 11.6 Å². The minimum Gasteiger partial charge on any atom is -0.471 e. The van der Waals surface area contributed by atoms with Crippen LogP contribution >= 0.6 is 11.6 Å². The maximum atomic E-state index is 13.3. The fourth-order valence-electron chi connectivity index (χ4n) is 1.61. The Hall–Kier alpha value is -2.08. The normalized spacial score (nSPS) is 12.5. The first kappa shape index (κ1) is 12.0. The number of hydrogen-bond donors (Lipinski definition) is 0. The highest BCUT2D eigenvalue weighted by atomic mass is 35.5. The highest BCUT2D eigenvalue weighted by molar-refractivity contribution is 6.28. The van der Waals surface area contributed by atoms with Crippen molar-refractivity contribution in [3.05, 3.63) is 41.1 Å². The van der Waals surface area contributed by atoms with E-state index in [1.165, 1.54) is 0 Å². The van der Waals surface area contributed by atoms with Crippen LogP contribution in [-0.2, 0) is 6.61 Å². The van der Waals surface area contributed by atoms with Gasteiger partial charge in [-0.05, 0) is 29.3 Å². The van der Waals surface area contributed by atoms with Crippen molar-refractivity contribution in [3.8, 4) is 17.4 Å². The Morgan fingerprint density at radius 2 is 2.16 bits per heavy atom. The van der Waals surface area contributed by atoms with E-state index in [-0.39, 0.29) is 24.6 Å². The van der Waals surface area contributed by atoms with Crippen molar-refractivity contribution in [2.24, 2.45) is 0 Å². The summed E-state index contributed by atoms with van der Waals surface area (Å²) < 4.78 is 29.0. The maximum Gasteiger partial charge on any atom is 0.255 e. The zero-order valence-electron chi connectivity index (χ0n) is 9.60. The van der Waals surface area contributed by atoms with Crippen LogP contribution in [-0.4, -0.2) is 16.8 Å². The van der Waals surface area contributed by atoms with Crippen LogP contribution in [0.5, 0.6) is 17.4 Å². The van der Waals surface area contributed by atoms with Crippen LogP contribution in [0.25, 0.3) is 0 Å². The molecule has 0 radical (unpaired) electrons. The molecule has 19 heavy (non-hydrogen) atoms. The SMILES string of the molecule is Fc1cnc(Cl)nc1OCc1ccc2c(c1)OCO2. The number of fused-ring (bicyclic) bond motifs is 1. The van der Waals surface area contributed by atoms with Crippen LogP contribution < -0.4 is 14.2 Å². The maximum absolute atomic E-state index is 13.3. The highest BCUT2D eigenvalue weighted by Gasteiger charge is 2.14. The van der Waals surface area contributed by atoms with E-state index in [0.29, 0.717) is 11.5 Å². The molecule has 0 fully saturated rings. The lowest BCUT2D eigenvalue weighted by atomic mass is 10.2. The van der Waals surface area contributed by atoms with Crippen molar-refractivity contribution in [3.63, 3.8) is 0 Å². The topological polar surface area (TPSA) is 53.5 Å². The van der Waals surface area contributed by atoms with E-state index < -0.39 is 5.82 Å². The molecule has 0 aliphatic carbocycles. The van der Waals surface area contributed by atoms with Gasteiger partial charge in [0.25, 0.3) is 5.88 Å². The number of halogens is 2. The molecule has 1 aliphatic rings. The average molecular weight is 283 g/mol. The predicted octanol–water partition coefficient (Wildman–Crippen LogP) is 2.58. The van der Waals surface area contributed by atoms with Gasteiger partial charge in [0.1, 0.15) is 6.61 Å². The number of nitrogens with zero attached hydrogens (tertiary/aromatic N) is 2. The van der Waals surface area contributed by atoms with E-state index in [9.17, 15) is 4.39 Å². The van der Waals surface area contributed by atoms with Crippen LogP contribution in [0.4, 0.5) is 4.39 Å². The lowest BCUT2D eigenvalue weighted by Crippen LogP contribution is -2.00. The first-order valence-electron chi connectivity index (χ1n) is 5.42. The van der Waals surface area contributed by atoms with Crippen molar-refractivity contribution in [1.82, 2.24) is 9.97 Å². The molecule has 1 aliphatic heterocycles. The zero-order chi connectivity index (χ0) is 13.2. The lowest BCUT2D eigenvalue weighted by molar-refractivity contribution is 0.174. The molecule has 0 N–H and O–H groups in total. The number of rotatable bonds is 3. The van der Waals surface area contributed by atoms with Gasteiger partial charge in [-0.25, -0.2) is 4.98 Å². The Morgan fingerprint density at radius 3 is 3.05 bits per heavy atom. The first-order valence-corrected chi connectivity index (χ1v) is 5.79. The van der Waals surface area contributed by atoms with Gasteiger partial charge in [-0.1, -0.05) is 6.07 Å². The standard InChI is InChI=1S/C12H8ClFN2O3/c13-12-15-4-8(14)11(16-12)17-5-7-1-2-9-10(3-7)19-6-18-9/h1-4H,5-6H2. The zero-order valence-corrected chi connectivity index (χ0v) is 10.4. The molecule has 98 valence electrons. The summed E-state index contributed by atoms with van der Waals surface area (Å²) in [4.78, 5) is 7.17. The van der Waals surface area contributed by atoms with E-state index >= 15 is 0 Å². The third-order valence-electron chi connectivity index (χ3n) is 2.50. The molecule has 2 aromatic rings. The number of benzene rings is 1. The van der Waals surface area contributed by atoms with Crippen molar-refractivity contribution in [2.75, 3.05) is 6.79 Å². The molecule has 0 bridgehead atoms. The van der Waals surface area contributed by atoms with Gasteiger partial charge in [-0.15, -0.1) is 0 Å². The van der Waals surface area contributed by atoms with Gasteiger partial charge in [0.2, 0.25) is 17.9 Å². The Bertz CT molecular complexity index is 624. The Labute approximate surface area is 112 Å². The fourth-order valence-corrected chi connectivity index (χ4v) is 1.74. The molecular formula is C12H8ClFN2O3. The molecule has 0 spiro atoms. The van der Waals surface area contributed by atoms with Gasteiger partial charge in [0.15, 0.2) is 11.5 Å². The highest BCUT2D eigenvalue weighted by Crippen LogP contribution is 2.32. The minimum atomic E-state index is -0.662. The average Bonchev–Trinajstić information content (AvgIpc) is 2.87. The minimum absolute atomic E-state index is 0.0675. The summed E-state index contributed by atoms with van der Waals surface area (Å²) >= 11 is 5.57. The van der Waals surface area contributed by atoms with E-state index in [4.69, 9.17) is 25.8 Å². The van der Waals surface area contributed by atoms with Crippen LogP contribution in [0.1, 0.15) is 5.56 Å². The molecule has 3 rings (SSSR count). The second-order valence-corrected chi connectivity index (χ2v) is 4.11. The Balaban J connectivity index is 1.74. The molecule has 0 atom stereocenters. The van der Waals surface area contributed by atoms with Crippen LogP contribution in [0, 0.1) is 5.82 Å². The van der Waals surface area contributed by atoms with E-state index in [2.05, 4.69) is 9.97 Å². The molecule has 0 saturated heterocycles. The van der Waals surface area contributed by atoms with Crippen LogP contribution in [0.3, 0.4) is 0 Å². The van der Waals surface area contributed by atoms with Crippen LogP contribution in [0.15, 0.2) is 24.4 Å². The van der Waals surface area contributed by atoms with Gasteiger partial charge in [-0.3, -0.25) is 0 Å². The molecule has 7 heteroatoms. The second kappa shape index (κ2) is 4.89. The van der Waals surface area contributed by atoms with Crippen molar-refractivity contribution < 1.29 is 18.6 Å². The number of ether oxygens (including phenoxy) is 3. The second-order valence-electron chi connectivity index (χ2n) is 3.77. The van der Waals surface area contributed by atoms with E-state index in [0.717, 1.165) is 11.8 Å². The molecule has 1 aromatic carbocycles. The number of aromatic nitrogens is 2. The first-order chi connectivity index (χ1) is 9.22. The van der Waals surface area contributed by atoms with Crippen molar-refractivity contribution in [2.45, 2.75) is 6.61 Å². The largest absolute Gasteiger partial charge is 0.471 e. The summed E-state index contributed by atoms with van der Waals surface area (Å²) in [5, 5.41) is -0.0675. The molecule has 0 saturated carbocycles. The summed E-state index contributed by atoms with van der Waals surface area (Å²) in [7, 11) is 0. The van der Waals surface area contributed by atoms with Gasteiger partial charge < -0.3 is 14.2 Å². The predicted molar refractivity (Wildman–Crippen MR) is 63.9 cm³/mol. The smallest absolute Gasteiger partial charge is 0.255 e. The third-order valence-corrected chi connectivity index (χ3v) is 2.68. The quantitative estimate of drug-likeness (QED) is 0.810. The summed E-state index contributed by atoms with van der Waals surface area (Å²) in [6, 6.07) is 5.33. The summed E-state index contributed by atoms with van der Waals surface area (Å²) in [6.07, 6.45) is 0.963. The molecule has 5 nitrogen and oxygen atoms in total. The fraction of sp³-hybridized carbons (Fsp3) is 0.167. The summed E-state index contributed by atoms with van der Waals surface area (Å²) in [5.74, 6) is 0.477.